The summed E-state index contributed by atoms with van der Waals surface area (Å²) in [6, 6.07) is 10.2. The molecular formula is C14H20ClN3O2. The van der Waals surface area contributed by atoms with Crippen molar-refractivity contribution in [1.29, 1.82) is 0 Å². The average Bonchev–Trinajstić information content (AvgIpc) is 3.27. The Morgan fingerprint density at radius 1 is 1.25 bits per heavy atom. The molecule has 0 saturated heterocycles. The number of hydrogen-bond donors (Lipinski definition) is 2. The number of rotatable bonds is 6. The molecule has 3 N–H and O–H groups in total. The van der Waals surface area contributed by atoms with Gasteiger partial charge in [-0.3, -0.25) is 9.59 Å². The summed E-state index contributed by atoms with van der Waals surface area (Å²) in [5.41, 5.74) is 6.30. The van der Waals surface area contributed by atoms with Crippen molar-refractivity contribution in [2.75, 3.05) is 13.1 Å². The lowest BCUT2D eigenvalue weighted by Gasteiger charge is -2.22. The largest absolute Gasteiger partial charge is 0.346 e. The van der Waals surface area contributed by atoms with Crippen LogP contribution in [0.1, 0.15) is 18.4 Å². The van der Waals surface area contributed by atoms with Crippen LogP contribution in [0, 0.1) is 0 Å². The SMILES string of the molecule is Cl.NCC(=O)NCC(=O)N(Cc1ccccc1)C1CC1. The van der Waals surface area contributed by atoms with Crippen molar-refractivity contribution in [3.63, 3.8) is 0 Å². The molecule has 2 amide bonds. The Morgan fingerprint density at radius 2 is 1.90 bits per heavy atom. The lowest BCUT2D eigenvalue weighted by atomic mass is 10.2. The van der Waals surface area contributed by atoms with Gasteiger partial charge in [-0.2, -0.15) is 0 Å². The van der Waals surface area contributed by atoms with Gasteiger partial charge in [0.15, 0.2) is 0 Å². The fraction of sp³-hybridized carbons (Fsp3) is 0.429. The van der Waals surface area contributed by atoms with Crippen molar-refractivity contribution in [1.82, 2.24) is 10.2 Å². The molecule has 0 aliphatic heterocycles. The van der Waals surface area contributed by atoms with Crippen LogP contribution in [0.2, 0.25) is 0 Å². The monoisotopic (exact) mass is 297 g/mol. The summed E-state index contributed by atoms with van der Waals surface area (Å²) in [5, 5.41) is 2.53. The van der Waals surface area contributed by atoms with Gasteiger partial charge in [0.05, 0.1) is 13.1 Å². The Hall–Kier alpha value is -1.59. The normalized spacial score (nSPS) is 13.2. The average molecular weight is 298 g/mol. The maximum absolute atomic E-state index is 12.1. The molecule has 0 atom stereocenters. The number of benzene rings is 1. The van der Waals surface area contributed by atoms with Gasteiger partial charge in [-0.1, -0.05) is 30.3 Å². The third-order valence-electron chi connectivity index (χ3n) is 3.13. The number of halogens is 1. The van der Waals surface area contributed by atoms with E-state index in [2.05, 4.69) is 5.32 Å². The Morgan fingerprint density at radius 3 is 2.45 bits per heavy atom. The standard InChI is InChI=1S/C14H19N3O2.ClH/c15-8-13(18)16-9-14(19)17(12-6-7-12)10-11-4-2-1-3-5-11;/h1-5,12H,6-10,15H2,(H,16,18);1H. The molecule has 6 heteroatoms. The molecule has 1 saturated carbocycles. The maximum atomic E-state index is 12.1. The van der Waals surface area contributed by atoms with Crippen LogP contribution in [-0.2, 0) is 16.1 Å². The van der Waals surface area contributed by atoms with Gasteiger partial charge in [0.25, 0.3) is 0 Å². The van der Waals surface area contributed by atoms with E-state index in [0.29, 0.717) is 12.6 Å². The first kappa shape index (κ1) is 16.5. The highest BCUT2D eigenvalue weighted by Gasteiger charge is 2.32. The third kappa shape index (κ3) is 4.83. The molecule has 1 aromatic rings. The molecule has 0 bridgehead atoms. The number of hydrogen-bond acceptors (Lipinski definition) is 3. The van der Waals surface area contributed by atoms with E-state index in [9.17, 15) is 9.59 Å². The first-order valence-corrected chi connectivity index (χ1v) is 6.51. The molecule has 0 aromatic heterocycles. The lowest BCUT2D eigenvalue weighted by Crippen LogP contribution is -2.42. The van der Waals surface area contributed by atoms with E-state index in [0.717, 1.165) is 18.4 Å². The summed E-state index contributed by atoms with van der Waals surface area (Å²) in [4.78, 5) is 25.0. The van der Waals surface area contributed by atoms with Gasteiger partial charge in [-0.05, 0) is 18.4 Å². The predicted octanol–water partition coefficient (Wildman–Crippen LogP) is 0.674. The van der Waals surface area contributed by atoms with Gasteiger partial charge in [0.2, 0.25) is 11.8 Å². The van der Waals surface area contributed by atoms with Crippen LogP contribution in [0.25, 0.3) is 0 Å². The quantitative estimate of drug-likeness (QED) is 0.810. The van der Waals surface area contributed by atoms with Crippen LogP contribution in [0.4, 0.5) is 0 Å². The molecule has 1 aliphatic carbocycles. The van der Waals surface area contributed by atoms with Gasteiger partial charge in [0, 0.05) is 12.6 Å². The topological polar surface area (TPSA) is 75.4 Å². The molecule has 1 fully saturated rings. The van der Waals surface area contributed by atoms with Gasteiger partial charge in [-0.15, -0.1) is 12.4 Å². The molecule has 2 rings (SSSR count). The minimum absolute atomic E-state index is 0. The number of nitrogens with zero attached hydrogens (tertiary/aromatic N) is 1. The first-order chi connectivity index (χ1) is 9.20. The van der Waals surface area contributed by atoms with Crippen molar-refractivity contribution < 1.29 is 9.59 Å². The molecule has 110 valence electrons. The summed E-state index contributed by atoms with van der Waals surface area (Å²) in [6.07, 6.45) is 2.09. The van der Waals surface area contributed by atoms with Crippen molar-refractivity contribution in [2.45, 2.75) is 25.4 Å². The lowest BCUT2D eigenvalue weighted by molar-refractivity contribution is -0.133. The molecule has 0 heterocycles. The van der Waals surface area contributed by atoms with Crippen LogP contribution >= 0.6 is 12.4 Å². The highest BCUT2D eigenvalue weighted by atomic mass is 35.5. The number of carbonyl (C=O) groups is 2. The summed E-state index contributed by atoms with van der Waals surface area (Å²) in [5.74, 6) is -0.350. The van der Waals surface area contributed by atoms with Crippen LogP contribution < -0.4 is 11.1 Å². The van der Waals surface area contributed by atoms with Gasteiger partial charge in [0.1, 0.15) is 0 Å². The highest BCUT2D eigenvalue weighted by molar-refractivity contribution is 5.86. The van der Waals surface area contributed by atoms with Crippen molar-refractivity contribution >= 4 is 24.2 Å². The zero-order chi connectivity index (χ0) is 13.7. The summed E-state index contributed by atoms with van der Waals surface area (Å²) >= 11 is 0. The number of amides is 2. The van der Waals surface area contributed by atoms with Crippen molar-refractivity contribution in [3.05, 3.63) is 35.9 Å². The minimum Gasteiger partial charge on any atom is -0.346 e. The summed E-state index contributed by atoms with van der Waals surface area (Å²) in [7, 11) is 0. The van der Waals surface area contributed by atoms with Crippen LogP contribution in [0.15, 0.2) is 30.3 Å². The smallest absolute Gasteiger partial charge is 0.242 e. The maximum Gasteiger partial charge on any atom is 0.242 e. The van der Waals surface area contributed by atoms with E-state index in [1.54, 1.807) is 0 Å². The molecular weight excluding hydrogens is 278 g/mol. The molecule has 1 aliphatic rings. The third-order valence-corrected chi connectivity index (χ3v) is 3.13. The molecule has 5 nitrogen and oxygen atoms in total. The molecule has 0 radical (unpaired) electrons. The number of carbonyl (C=O) groups excluding carboxylic acids is 2. The van der Waals surface area contributed by atoms with E-state index < -0.39 is 0 Å². The predicted molar refractivity (Wildman–Crippen MR) is 79.3 cm³/mol. The minimum atomic E-state index is -0.302. The van der Waals surface area contributed by atoms with Gasteiger partial charge in [-0.25, -0.2) is 0 Å². The van der Waals surface area contributed by atoms with Crippen molar-refractivity contribution in [2.24, 2.45) is 5.73 Å². The Kier molecular flexibility index (Phi) is 6.48. The Balaban J connectivity index is 0.00000200. The zero-order valence-electron chi connectivity index (χ0n) is 11.2. The second kappa shape index (κ2) is 7.87. The van der Waals surface area contributed by atoms with E-state index in [4.69, 9.17) is 5.73 Å². The van der Waals surface area contributed by atoms with Gasteiger partial charge < -0.3 is 16.0 Å². The van der Waals surface area contributed by atoms with Crippen LogP contribution in [-0.4, -0.2) is 35.8 Å². The van der Waals surface area contributed by atoms with E-state index in [-0.39, 0.29) is 37.3 Å². The fourth-order valence-corrected chi connectivity index (χ4v) is 1.94. The second-order valence-electron chi connectivity index (χ2n) is 4.72. The van der Waals surface area contributed by atoms with E-state index in [1.807, 2.05) is 35.2 Å². The molecule has 1 aromatic carbocycles. The Labute approximate surface area is 124 Å². The highest BCUT2D eigenvalue weighted by Crippen LogP contribution is 2.28. The summed E-state index contributed by atoms with van der Waals surface area (Å²) < 4.78 is 0. The summed E-state index contributed by atoms with van der Waals surface area (Å²) in [6.45, 7) is 0.539. The molecule has 0 spiro atoms. The van der Waals surface area contributed by atoms with E-state index >= 15 is 0 Å². The fourth-order valence-electron chi connectivity index (χ4n) is 1.94. The van der Waals surface area contributed by atoms with Crippen LogP contribution in [0.5, 0.6) is 0 Å². The van der Waals surface area contributed by atoms with Gasteiger partial charge >= 0.3 is 0 Å². The first-order valence-electron chi connectivity index (χ1n) is 6.51. The van der Waals surface area contributed by atoms with Crippen LogP contribution in [0.3, 0.4) is 0 Å². The number of nitrogens with one attached hydrogen (secondary N) is 1. The second-order valence-corrected chi connectivity index (χ2v) is 4.72. The zero-order valence-corrected chi connectivity index (χ0v) is 12.1. The number of nitrogens with two attached hydrogens (primary N) is 1. The van der Waals surface area contributed by atoms with Crippen molar-refractivity contribution in [3.8, 4) is 0 Å². The molecule has 20 heavy (non-hydrogen) atoms. The van der Waals surface area contributed by atoms with E-state index in [1.165, 1.54) is 0 Å². The Bertz CT molecular complexity index is 449. The molecule has 0 unspecified atom stereocenters.